The summed E-state index contributed by atoms with van der Waals surface area (Å²) in [5.41, 5.74) is 1.21. The predicted molar refractivity (Wildman–Crippen MR) is 92.9 cm³/mol. The van der Waals surface area contributed by atoms with E-state index in [4.69, 9.17) is 17.0 Å². The molecular weight excluding hydrogens is 282 g/mol. The zero-order chi connectivity index (χ0) is 15.7. The Morgan fingerprint density at radius 3 is 2.71 bits per heavy atom. The van der Waals surface area contributed by atoms with Crippen LogP contribution in [0.4, 0.5) is 0 Å². The van der Waals surface area contributed by atoms with E-state index >= 15 is 0 Å². The van der Waals surface area contributed by atoms with Crippen LogP contribution in [0.2, 0.25) is 0 Å². The SMILES string of the molecule is CCCCNC(=S)NCC(c1cccc(OC)c1)N(C)C. The van der Waals surface area contributed by atoms with Gasteiger partial charge >= 0.3 is 0 Å². The first kappa shape index (κ1) is 17.7. The van der Waals surface area contributed by atoms with Crippen molar-refractivity contribution in [2.45, 2.75) is 25.8 Å². The van der Waals surface area contributed by atoms with Crippen molar-refractivity contribution in [2.24, 2.45) is 0 Å². The van der Waals surface area contributed by atoms with Gasteiger partial charge in [-0.15, -0.1) is 0 Å². The Labute approximate surface area is 133 Å². The molecule has 0 radical (unpaired) electrons. The van der Waals surface area contributed by atoms with E-state index in [-0.39, 0.29) is 6.04 Å². The second-order valence-corrected chi connectivity index (χ2v) is 5.65. The summed E-state index contributed by atoms with van der Waals surface area (Å²) in [4.78, 5) is 2.18. The van der Waals surface area contributed by atoms with E-state index in [9.17, 15) is 0 Å². The fourth-order valence-electron chi connectivity index (χ4n) is 2.08. The maximum atomic E-state index is 5.31. The molecule has 2 N–H and O–H groups in total. The molecule has 21 heavy (non-hydrogen) atoms. The van der Waals surface area contributed by atoms with Crippen LogP contribution in [0, 0.1) is 0 Å². The number of hydrogen-bond donors (Lipinski definition) is 2. The fourth-order valence-corrected chi connectivity index (χ4v) is 2.26. The van der Waals surface area contributed by atoms with Crippen LogP contribution >= 0.6 is 12.2 Å². The molecule has 0 bridgehead atoms. The van der Waals surface area contributed by atoms with E-state index in [2.05, 4.69) is 48.7 Å². The zero-order valence-corrected chi connectivity index (χ0v) is 14.3. The van der Waals surface area contributed by atoms with Gasteiger partial charge in [-0.25, -0.2) is 0 Å². The quantitative estimate of drug-likeness (QED) is 0.570. The highest BCUT2D eigenvalue weighted by Crippen LogP contribution is 2.21. The van der Waals surface area contributed by atoms with Crippen molar-refractivity contribution < 1.29 is 4.74 Å². The standard InChI is InChI=1S/C16H27N3OS/c1-5-6-10-17-16(21)18-12-15(19(2)3)13-8-7-9-14(11-13)20-4/h7-9,11,15H,5-6,10,12H2,1-4H3,(H2,17,18,21). The lowest BCUT2D eigenvalue weighted by Gasteiger charge is -2.26. The highest BCUT2D eigenvalue weighted by atomic mass is 32.1. The van der Waals surface area contributed by atoms with Crippen molar-refractivity contribution in [3.05, 3.63) is 29.8 Å². The Hall–Kier alpha value is -1.33. The second-order valence-electron chi connectivity index (χ2n) is 5.25. The molecule has 0 aliphatic heterocycles. The molecule has 1 unspecified atom stereocenters. The fraction of sp³-hybridized carbons (Fsp3) is 0.562. The van der Waals surface area contributed by atoms with E-state index < -0.39 is 0 Å². The predicted octanol–water partition coefficient (Wildman–Crippen LogP) is 2.56. The van der Waals surface area contributed by atoms with Gasteiger partial charge in [0.1, 0.15) is 5.75 Å². The van der Waals surface area contributed by atoms with Crippen LogP contribution in [0.3, 0.4) is 0 Å². The molecule has 0 spiro atoms. The van der Waals surface area contributed by atoms with Gasteiger partial charge in [-0.3, -0.25) is 0 Å². The molecule has 0 aromatic heterocycles. The monoisotopic (exact) mass is 309 g/mol. The largest absolute Gasteiger partial charge is 0.497 e. The Morgan fingerprint density at radius 1 is 1.33 bits per heavy atom. The molecule has 0 aliphatic carbocycles. The average molecular weight is 309 g/mol. The maximum absolute atomic E-state index is 5.31. The van der Waals surface area contributed by atoms with Crippen LogP contribution < -0.4 is 15.4 Å². The van der Waals surface area contributed by atoms with E-state index in [1.807, 2.05) is 12.1 Å². The third-order valence-corrected chi connectivity index (χ3v) is 3.66. The van der Waals surface area contributed by atoms with Crippen molar-refractivity contribution in [2.75, 3.05) is 34.3 Å². The minimum Gasteiger partial charge on any atom is -0.497 e. The molecular formula is C16H27N3OS. The number of hydrogen-bond acceptors (Lipinski definition) is 3. The van der Waals surface area contributed by atoms with E-state index in [1.54, 1.807) is 7.11 Å². The molecule has 0 fully saturated rings. The number of unbranched alkanes of at least 4 members (excludes halogenated alkanes) is 1. The summed E-state index contributed by atoms with van der Waals surface area (Å²) in [7, 11) is 5.83. The van der Waals surface area contributed by atoms with E-state index in [1.165, 1.54) is 12.0 Å². The van der Waals surface area contributed by atoms with Gasteiger partial charge in [-0.05, 0) is 50.4 Å². The highest BCUT2D eigenvalue weighted by Gasteiger charge is 2.15. The van der Waals surface area contributed by atoms with Crippen LogP contribution in [0.1, 0.15) is 31.4 Å². The average Bonchev–Trinajstić information content (AvgIpc) is 2.47. The van der Waals surface area contributed by atoms with Crippen LogP contribution in [0.5, 0.6) is 5.75 Å². The lowest BCUT2D eigenvalue weighted by Crippen LogP contribution is -2.40. The van der Waals surface area contributed by atoms with Gasteiger partial charge in [0, 0.05) is 13.1 Å². The van der Waals surface area contributed by atoms with E-state index in [0.717, 1.165) is 30.4 Å². The van der Waals surface area contributed by atoms with Crippen LogP contribution in [0.25, 0.3) is 0 Å². The van der Waals surface area contributed by atoms with Crippen molar-refractivity contribution in [1.82, 2.24) is 15.5 Å². The Bertz CT molecular complexity index is 437. The zero-order valence-electron chi connectivity index (χ0n) is 13.5. The van der Waals surface area contributed by atoms with Gasteiger partial charge < -0.3 is 20.3 Å². The van der Waals surface area contributed by atoms with Crippen LogP contribution in [-0.2, 0) is 0 Å². The number of nitrogens with one attached hydrogen (secondary N) is 2. The summed E-state index contributed by atoms with van der Waals surface area (Å²) in [6, 6.07) is 8.40. The first-order valence-electron chi connectivity index (χ1n) is 7.40. The van der Waals surface area contributed by atoms with Crippen molar-refractivity contribution in [3.63, 3.8) is 0 Å². The first-order chi connectivity index (χ1) is 10.1. The van der Waals surface area contributed by atoms with Gasteiger partial charge in [-0.1, -0.05) is 25.5 Å². The number of rotatable bonds is 8. The van der Waals surface area contributed by atoms with Gasteiger partial charge in [0.15, 0.2) is 5.11 Å². The summed E-state index contributed by atoms with van der Waals surface area (Å²) >= 11 is 5.31. The molecule has 1 aromatic rings. The molecule has 1 rings (SSSR count). The minimum atomic E-state index is 0.242. The molecule has 1 atom stereocenters. The lowest BCUT2D eigenvalue weighted by atomic mass is 10.1. The molecule has 4 nitrogen and oxygen atoms in total. The molecule has 5 heteroatoms. The lowest BCUT2D eigenvalue weighted by molar-refractivity contribution is 0.297. The summed E-state index contributed by atoms with van der Waals surface area (Å²) in [5.74, 6) is 0.878. The maximum Gasteiger partial charge on any atom is 0.166 e. The van der Waals surface area contributed by atoms with Gasteiger partial charge in [0.25, 0.3) is 0 Å². The summed E-state index contributed by atoms with van der Waals surface area (Å²) < 4.78 is 5.30. The Morgan fingerprint density at radius 2 is 2.10 bits per heavy atom. The van der Waals surface area contributed by atoms with E-state index in [0.29, 0.717) is 0 Å². The van der Waals surface area contributed by atoms with Crippen LogP contribution in [0.15, 0.2) is 24.3 Å². The van der Waals surface area contributed by atoms with Crippen molar-refractivity contribution in [3.8, 4) is 5.75 Å². The Balaban J connectivity index is 2.59. The highest BCUT2D eigenvalue weighted by molar-refractivity contribution is 7.80. The third-order valence-electron chi connectivity index (χ3n) is 3.37. The smallest absolute Gasteiger partial charge is 0.166 e. The van der Waals surface area contributed by atoms with Crippen molar-refractivity contribution in [1.29, 1.82) is 0 Å². The topological polar surface area (TPSA) is 36.5 Å². The number of thiocarbonyl (C=S) groups is 1. The second kappa shape index (κ2) is 9.58. The van der Waals surface area contributed by atoms with Crippen molar-refractivity contribution >= 4 is 17.3 Å². The number of methoxy groups -OCH3 is 1. The normalized spacial score (nSPS) is 12.0. The number of benzene rings is 1. The van der Waals surface area contributed by atoms with Crippen LogP contribution in [-0.4, -0.2) is 44.3 Å². The van der Waals surface area contributed by atoms with Gasteiger partial charge in [-0.2, -0.15) is 0 Å². The molecule has 118 valence electrons. The molecule has 0 heterocycles. The summed E-state index contributed by atoms with van der Waals surface area (Å²) in [5, 5.41) is 7.25. The third kappa shape index (κ3) is 6.31. The summed E-state index contributed by atoms with van der Waals surface area (Å²) in [6.45, 7) is 3.86. The first-order valence-corrected chi connectivity index (χ1v) is 7.81. The summed E-state index contributed by atoms with van der Waals surface area (Å²) in [6.07, 6.45) is 2.30. The van der Waals surface area contributed by atoms with Gasteiger partial charge in [0.05, 0.1) is 13.2 Å². The molecule has 0 aliphatic rings. The van der Waals surface area contributed by atoms with Gasteiger partial charge in [0.2, 0.25) is 0 Å². The number of ether oxygens (including phenoxy) is 1. The minimum absolute atomic E-state index is 0.242. The Kier molecular flexibility index (Phi) is 8.08. The molecule has 0 saturated carbocycles. The number of nitrogens with zero attached hydrogens (tertiary/aromatic N) is 1. The molecule has 0 saturated heterocycles. The number of likely N-dealkylation sites (N-methyl/N-ethyl adjacent to an activating group) is 1. The molecule has 0 amide bonds. The molecule has 1 aromatic carbocycles.